The Morgan fingerprint density at radius 3 is 2.56 bits per heavy atom. The Hall–Kier alpha value is -3.21. The molecular formula is C20H22ClF2N5O4. The van der Waals surface area contributed by atoms with Gasteiger partial charge in [0.25, 0.3) is 11.8 Å². The largest absolute Gasteiger partial charge is 0.447 e. The Bertz CT molecular complexity index is 1020. The zero-order valence-electron chi connectivity index (χ0n) is 17.4. The first-order valence-electron chi connectivity index (χ1n) is 9.92. The van der Waals surface area contributed by atoms with Gasteiger partial charge < -0.3 is 20.3 Å². The van der Waals surface area contributed by atoms with E-state index in [-0.39, 0.29) is 23.5 Å². The maximum atomic E-state index is 14.1. The third-order valence-corrected chi connectivity index (χ3v) is 5.10. The number of benzene rings is 1. The van der Waals surface area contributed by atoms with Gasteiger partial charge in [0.15, 0.2) is 5.82 Å². The normalized spacial score (nSPS) is 14.4. The summed E-state index contributed by atoms with van der Waals surface area (Å²) in [7, 11) is 0. The van der Waals surface area contributed by atoms with Crippen LogP contribution in [0.25, 0.3) is 0 Å². The summed E-state index contributed by atoms with van der Waals surface area (Å²) in [5.74, 6) is -3.98. The van der Waals surface area contributed by atoms with Gasteiger partial charge in [0.2, 0.25) is 0 Å². The first kappa shape index (κ1) is 23.5. The minimum atomic E-state index is -1.21. The zero-order valence-corrected chi connectivity index (χ0v) is 18.1. The second-order valence-corrected chi connectivity index (χ2v) is 7.91. The number of rotatable bonds is 5. The van der Waals surface area contributed by atoms with Gasteiger partial charge in [-0.25, -0.2) is 13.6 Å². The van der Waals surface area contributed by atoms with Crippen molar-refractivity contribution in [2.24, 2.45) is 0 Å². The molecule has 3 N–H and O–H groups in total. The summed E-state index contributed by atoms with van der Waals surface area (Å²) in [6.07, 6.45) is 1.55. The standard InChI is InChI=1S/C20H22ClF2N5O4/c1-10(2)32-20(31)28-7-5-11(6-8-28)25-19(30)17-14(9-24-27-17)26-18(29)15-13(22)4-3-12(21)16(15)23/h3-4,9-11H,5-8H2,1-2H3,(H,24,27)(H,25,30)(H,26,29). The Morgan fingerprint density at radius 2 is 1.91 bits per heavy atom. The van der Waals surface area contributed by atoms with Crippen LogP contribution in [0.3, 0.4) is 0 Å². The molecule has 0 radical (unpaired) electrons. The molecule has 0 unspecified atom stereocenters. The van der Waals surface area contributed by atoms with E-state index in [1.54, 1.807) is 18.7 Å². The Labute approximate surface area is 187 Å². The van der Waals surface area contributed by atoms with Gasteiger partial charge in [-0.15, -0.1) is 0 Å². The number of carbonyl (C=O) groups is 3. The van der Waals surface area contributed by atoms with Crippen LogP contribution < -0.4 is 10.6 Å². The summed E-state index contributed by atoms with van der Waals surface area (Å²) in [5.41, 5.74) is -1.00. The van der Waals surface area contributed by atoms with Crippen molar-refractivity contribution in [2.45, 2.75) is 38.8 Å². The molecule has 3 rings (SSSR count). The highest BCUT2D eigenvalue weighted by Gasteiger charge is 2.27. The fourth-order valence-electron chi connectivity index (χ4n) is 3.21. The molecule has 0 bridgehead atoms. The van der Waals surface area contributed by atoms with Crippen LogP contribution in [0.2, 0.25) is 5.02 Å². The Kier molecular flexibility index (Phi) is 7.29. The maximum absolute atomic E-state index is 14.1. The van der Waals surface area contributed by atoms with Gasteiger partial charge in [0.1, 0.15) is 17.1 Å². The summed E-state index contributed by atoms with van der Waals surface area (Å²) in [6.45, 7) is 4.36. The van der Waals surface area contributed by atoms with Crippen LogP contribution in [0, 0.1) is 11.6 Å². The average Bonchev–Trinajstić information content (AvgIpc) is 3.19. The smallest absolute Gasteiger partial charge is 0.410 e. The molecule has 2 heterocycles. The lowest BCUT2D eigenvalue weighted by molar-refractivity contribution is 0.0667. The third kappa shape index (κ3) is 5.34. The van der Waals surface area contributed by atoms with E-state index in [1.807, 2.05) is 0 Å². The fourth-order valence-corrected chi connectivity index (χ4v) is 3.37. The molecule has 1 aromatic carbocycles. The summed E-state index contributed by atoms with van der Waals surface area (Å²) in [5, 5.41) is 10.8. The number of carbonyl (C=O) groups excluding carboxylic acids is 3. The van der Waals surface area contributed by atoms with Crippen molar-refractivity contribution in [2.75, 3.05) is 18.4 Å². The van der Waals surface area contributed by atoms with E-state index < -0.39 is 40.1 Å². The van der Waals surface area contributed by atoms with Crippen molar-refractivity contribution in [3.8, 4) is 0 Å². The van der Waals surface area contributed by atoms with Crippen molar-refractivity contribution in [1.82, 2.24) is 20.4 Å². The molecule has 0 atom stereocenters. The number of likely N-dealkylation sites (tertiary alicyclic amines) is 1. The highest BCUT2D eigenvalue weighted by molar-refractivity contribution is 6.31. The molecule has 1 fully saturated rings. The van der Waals surface area contributed by atoms with E-state index in [4.69, 9.17) is 16.3 Å². The molecule has 12 heteroatoms. The highest BCUT2D eigenvalue weighted by Crippen LogP contribution is 2.23. The van der Waals surface area contributed by atoms with Crippen molar-refractivity contribution >= 4 is 35.2 Å². The van der Waals surface area contributed by atoms with Crippen molar-refractivity contribution in [1.29, 1.82) is 0 Å². The molecule has 1 aliphatic rings. The molecule has 0 spiro atoms. The van der Waals surface area contributed by atoms with E-state index in [0.29, 0.717) is 25.9 Å². The molecule has 1 saturated heterocycles. The van der Waals surface area contributed by atoms with Crippen LogP contribution in [0.15, 0.2) is 18.3 Å². The average molecular weight is 470 g/mol. The first-order valence-corrected chi connectivity index (χ1v) is 10.3. The lowest BCUT2D eigenvalue weighted by atomic mass is 10.1. The monoisotopic (exact) mass is 469 g/mol. The zero-order chi connectivity index (χ0) is 23.4. The van der Waals surface area contributed by atoms with Gasteiger partial charge in [-0.3, -0.25) is 14.7 Å². The Balaban J connectivity index is 1.61. The number of H-pyrrole nitrogens is 1. The SMILES string of the molecule is CC(C)OC(=O)N1CCC(NC(=O)c2[nH]ncc2NC(=O)c2c(F)ccc(Cl)c2F)CC1. The van der Waals surface area contributed by atoms with E-state index in [9.17, 15) is 23.2 Å². The predicted octanol–water partition coefficient (Wildman–Crippen LogP) is 3.33. The van der Waals surface area contributed by atoms with Gasteiger partial charge in [-0.1, -0.05) is 11.6 Å². The maximum Gasteiger partial charge on any atom is 0.410 e. The van der Waals surface area contributed by atoms with Crippen LogP contribution in [0.4, 0.5) is 19.3 Å². The number of hydrogen-bond acceptors (Lipinski definition) is 5. The molecule has 1 aromatic heterocycles. The molecule has 172 valence electrons. The third-order valence-electron chi connectivity index (χ3n) is 4.81. The summed E-state index contributed by atoms with van der Waals surface area (Å²) in [6, 6.07) is 1.64. The minimum Gasteiger partial charge on any atom is -0.447 e. The van der Waals surface area contributed by atoms with E-state index in [1.165, 1.54) is 0 Å². The van der Waals surface area contributed by atoms with E-state index >= 15 is 0 Å². The van der Waals surface area contributed by atoms with Crippen LogP contribution in [0.5, 0.6) is 0 Å². The molecule has 0 saturated carbocycles. The van der Waals surface area contributed by atoms with Gasteiger partial charge >= 0.3 is 6.09 Å². The number of anilines is 1. The fraction of sp³-hybridized carbons (Fsp3) is 0.400. The molecule has 0 aliphatic carbocycles. The number of aromatic amines is 1. The molecule has 1 aliphatic heterocycles. The number of piperidine rings is 1. The second kappa shape index (κ2) is 9.94. The lowest BCUT2D eigenvalue weighted by Gasteiger charge is -2.32. The second-order valence-electron chi connectivity index (χ2n) is 7.50. The molecular weight excluding hydrogens is 448 g/mol. The summed E-state index contributed by atoms with van der Waals surface area (Å²) in [4.78, 5) is 38.6. The van der Waals surface area contributed by atoms with Crippen molar-refractivity contribution < 1.29 is 27.9 Å². The van der Waals surface area contributed by atoms with Gasteiger partial charge in [-0.2, -0.15) is 5.10 Å². The summed E-state index contributed by atoms with van der Waals surface area (Å²) < 4.78 is 33.2. The van der Waals surface area contributed by atoms with Crippen LogP contribution in [0.1, 0.15) is 47.5 Å². The van der Waals surface area contributed by atoms with Gasteiger partial charge in [0, 0.05) is 19.1 Å². The number of ether oxygens (including phenoxy) is 1. The number of hydrogen-bond donors (Lipinski definition) is 3. The summed E-state index contributed by atoms with van der Waals surface area (Å²) >= 11 is 5.62. The first-order chi connectivity index (χ1) is 15.2. The van der Waals surface area contributed by atoms with Crippen molar-refractivity contribution in [3.63, 3.8) is 0 Å². The molecule has 32 heavy (non-hydrogen) atoms. The van der Waals surface area contributed by atoms with Crippen LogP contribution >= 0.6 is 11.6 Å². The molecule has 9 nitrogen and oxygen atoms in total. The number of amides is 3. The van der Waals surface area contributed by atoms with E-state index in [0.717, 1.165) is 18.3 Å². The highest BCUT2D eigenvalue weighted by atomic mass is 35.5. The molecule has 3 amide bonds. The van der Waals surface area contributed by atoms with E-state index in [2.05, 4.69) is 20.8 Å². The predicted molar refractivity (Wildman–Crippen MR) is 112 cm³/mol. The number of aromatic nitrogens is 2. The number of halogens is 3. The van der Waals surface area contributed by atoms with Gasteiger partial charge in [-0.05, 0) is 38.8 Å². The number of nitrogens with one attached hydrogen (secondary N) is 3. The lowest BCUT2D eigenvalue weighted by Crippen LogP contribution is -2.47. The quantitative estimate of drug-likeness (QED) is 0.581. The van der Waals surface area contributed by atoms with Crippen LogP contribution in [-0.2, 0) is 4.74 Å². The van der Waals surface area contributed by atoms with Crippen molar-refractivity contribution in [3.05, 3.63) is 46.2 Å². The molecule has 2 aromatic rings. The van der Waals surface area contributed by atoms with Gasteiger partial charge in [0.05, 0.1) is 23.0 Å². The number of nitrogens with zero attached hydrogens (tertiary/aromatic N) is 2. The minimum absolute atomic E-state index is 0.0516. The Morgan fingerprint density at radius 1 is 1.22 bits per heavy atom. The van der Waals surface area contributed by atoms with Crippen LogP contribution in [-0.4, -0.2) is 58.2 Å². The topological polar surface area (TPSA) is 116 Å².